The number of hydrogen-bond acceptors (Lipinski definition) is 1. The van der Waals surface area contributed by atoms with Crippen LogP contribution in [0.4, 0.5) is 0 Å². The number of rotatable bonds is 2. The molecule has 0 saturated heterocycles. The first-order chi connectivity index (χ1) is 7.13. The highest BCUT2D eigenvalue weighted by atomic mass is 16.5. The van der Waals surface area contributed by atoms with Crippen molar-refractivity contribution in [3.05, 3.63) is 28.8 Å². The van der Waals surface area contributed by atoms with Crippen molar-refractivity contribution in [2.75, 3.05) is 7.11 Å². The molecule has 0 aliphatic heterocycles. The standard InChI is InChI=1S/C14H16O/c1-5-14(6-7-14)12-8-10(2)13(15-4)11(3)9-12/h1,8-9H,6-7H2,2-4H3. The van der Waals surface area contributed by atoms with Crippen molar-refractivity contribution < 1.29 is 4.74 Å². The van der Waals surface area contributed by atoms with E-state index in [-0.39, 0.29) is 5.41 Å². The zero-order valence-electron chi connectivity index (χ0n) is 9.55. The van der Waals surface area contributed by atoms with E-state index in [1.807, 2.05) is 0 Å². The highest BCUT2D eigenvalue weighted by Gasteiger charge is 2.42. The summed E-state index contributed by atoms with van der Waals surface area (Å²) in [4.78, 5) is 0. The van der Waals surface area contributed by atoms with E-state index in [1.54, 1.807) is 7.11 Å². The van der Waals surface area contributed by atoms with Gasteiger partial charge >= 0.3 is 0 Å². The first-order valence-corrected chi connectivity index (χ1v) is 5.26. The Morgan fingerprint density at radius 1 is 1.27 bits per heavy atom. The van der Waals surface area contributed by atoms with Gasteiger partial charge in [0.05, 0.1) is 12.5 Å². The molecule has 15 heavy (non-hydrogen) atoms. The Bertz CT molecular complexity index is 410. The quantitative estimate of drug-likeness (QED) is 0.667. The van der Waals surface area contributed by atoms with Gasteiger partial charge in [0.25, 0.3) is 0 Å². The SMILES string of the molecule is C#CC1(c2cc(C)c(OC)c(C)c2)CC1. The molecule has 0 bridgehead atoms. The highest BCUT2D eigenvalue weighted by molar-refractivity contribution is 5.50. The first-order valence-electron chi connectivity index (χ1n) is 5.26. The zero-order valence-corrected chi connectivity index (χ0v) is 9.55. The fourth-order valence-electron chi connectivity index (χ4n) is 2.19. The van der Waals surface area contributed by atoms with Gasteiger partial charge in [0.2, 0.25) is 0 Å². The summed E-state index contributed by atoms with van der Waals surface area (Å²) in [5.74, 6) is 3.90. The third kappa shape index (κ3) is 1.51. The lowest BCUT2D eigenvalue weighted by atomic mass is 9.93. The minimum Gasteiger partial charge on any atom is -0.496 e. The third-order valence-electron chi connectivity index (χ3n) is 3.24. The summed E-state index contributed by atoms with van der Waals surface area (Å²) in [6.07, 6.45) is 7.83. The molecule has 1 aliphatic rings. The van der Waals surface area contributed by atoms with Gasteiger partial charge < -0.3 is 4.74 Å². The molecule has 0 aromatic heterocycles. The van der Waals surface area contributed by atoms with E-state index in [4.69, 9.17) is 11.2 Å². The van der Waals surface area contributed by atoms with Crippen LogP contribution >= 0.6 is 0 Å². The molecule has 1 aromatic carbocycles. The van der Waals surface area contributed by atoms with Crippen LogP contribution in [0, 0.1) is 26.2 Å². The third-order valence-corrected chi connectivity index (χ3v) is 3.24. The Labute approximate surface area is 91.5 Å². The molecule has 0 unspecified atom stereocenters. The van der Waals surface area contributed by atoms with E-state index in [0.29, 0.717) is 0 Å². The van der Waals surface area contributed by atoms with Gasteiger partial charge in [-0.2, -0.15) is 0 Å². The van der Waals surface area contributed by atoms with Crippen LogP contribution in [0.25, 0.3) is 0 Å². The lowest BCUT2D eigenvalue weighted by Crippen LogP contribution is -2.04. The van der Waals surface area contributed by atoms with Crippen LogP contribution < -0.4 is 4.74 Å². The largest absolute Gasteiger partial charge is 0.496 e. The number of ether oxygens (including phenoxy) is 1. The number of aryl methyl sites for hydroxylation is 2. The molecule has 0 heterocycles. The number of hydrogen-bond donors (Lipinski definition) is 0. The fraction of sp³-hybridized carbons (Fsp3) is 0.429. The minimum absolute atomic E-state index is 0.0296. The Hall–Kier alpha value is -1.42. The maximum atomic E-state index is 5.59. The van der Waals surface area contributed by atoms with E-state index >= 15 is 0 Å². The van der Waals surface area contributed by atoms with Crippen LogP contribution in [0.1, 0.15) is 29.5 Å². The Kier molecular flexibility index (Phi) is 2.23. The second-order valence-corrected chi connectivity index (χ2v) is 4.37. The van der Waals surface area contributed by atoms with E-state index in [0.717, 1.165) is 18.6 Å². The molecule has 1 saturated carbocycles. The normalized spacial score (nSPS) is 16.9. The summed E-state index contributed by atoms with van der Waals surface area (Å²) < 4.78 is 5.35. The Balaban J connectivity index is 2.50. The monoisotopic (exact) mass is 200 g/mol. The molecule has 78 valence electrons. The molecule has 0 radical (unpaired) electrons. The molecule has 1 nitrogen and oxygen atoms in total. The van der Waals surface area contributed by atoms with E-state index in [2.05, 4.69) is 31.9 Å². The van der Waals surface area contributed by atoms with E-state index in [1.165, 1.54) is 16.7 Å². The summed E-state index contributed by atoms with van der Waals surface area (Å²) in [6, 6.07) is 4.33. The van der Waals surface area contributed by atoms with Gasteiger partial charge in [-0.3, -0.25) is 0 Å². The van der Waals surface area contributed by atoms with Crippen molar-refractivity contribution in [2.45, 2.75) is 32.1 Å². The summed E-state index contributed by atoms with van der Waals surface area (Å²) in [6.45, 7) is 4.14. The molecular weight excluding hydrogens is 184 g/mol. The molecule has 1 fully saturated rings. The maximum Gasteiger partial charge on any atom is 0.124 e. The fourth-order valence-corrected chi connectivity index (χ4v) is 2.19. The maximum absolute atomic E-state index is 5.59. The van der Waals surface area contributed by atoms with Gasteiger partial charge in [-0.1, -0.05) is 18.1 Å². The van der Waals surface area contributed by atoms with Crippen LogP contribution in [0.5, 0.6) is 5.75 Å². The lowest BCUT2D eigenvalue weighted by molar-refractivity contribution is 0.408. The van der Waals surface area contributed by atoms with Crippen LogP contribution in [-0.4, -0.2) is 7.11 Å². The summed E-state index contributed by atoms with van der Waals surface area (Å²) in [5, 5.41) is 0. The topological polar surface area (TPSA) is 9.23 Å². The Morgan fingerprint density at radius 3 is 2.13 bits per heavy atom. The number of methoxy groups -OCH3 is 1. The molecule has 0 spiro atoms. The van der Waals surface area contributed by atoms with Gasteiger partial charge in [0.15, 0.2) is 0 Å². The van der Waals surface area contributed by atoms with Gasteiger partial charge in [-0.15, -0.1) is 6.42 Å². The average Bonchev–Trinajstić information content (AvgIpc) is 2.97. The van der Waals surface area contributed by atoms with E-state index in [9.17, 15) is 0 Å². The van der Waals surface area contributed by atoms with Crippen LogP contribution in [0.2, 0.25) is 0 Å². The average molecular weight is 200 g/mol. The smallest absolute Gasteiger partial charge is 0.124 e. The molecule has 1 heteroatoms. The minimum atomic E-state index is 0.0296. The highest BCUT2D eigenvalue weighted by Crippen LogP contribution is 2.48. The summed E-state index contributed by atoms with van der Waals surface area (Å²) >= 11 is 0. The van der Waals surface area contributed by atoms with E-state index < -0.39 is 0 Å². The lowest BCUT2D eigenvalue weighted by Gasteiger charge is -2.14. The van der Waals surface area contributed by atoms with Crippen molar-refractivity contribution in [3.63, 3.8) is 0 Å². The molecule has 1 aliphatic carbocycles. The molecule has 2 rings (SSSR count). The predicted octanol–water partition coefficient (Wildman–Crippen LogP) is 2.98. The predicted molar refractivity (Wildman–Crippen MR) is 62.2 cm³/mol. The van der Waals surface area contributed by atoms with Crippen LogP contribution in [-0.2, 0) is 5.41 Å². The van der Waals surface area contributed by atoms with Crippen molar-refractivity contribution in [1.82, 2.24) is 0 Å². The molecule has 0 N–H and O–H groups in total. The van der Waals surface area contributed by atoms with Crippen molar-refractivity contribution in [2.24, 2.45) is 0 Å². The first kappa shape index (κ1) is 10.1. The van der Waals surface area contributed by atoms with Crippen molar-refractivity contribution >= 4 is 0 Å². The van der Waals surface area contributed by atoms with Crippen LogP contribution in [0.15, 0.2) is 12.1 Å². The summed E-state index contributed by atoms with van der Waals surface area (Å²) in [5.41, 5.74) is 3.66. The zero-order chi connectivity index (χ0) is 11.1. The van der Waals surface area contributed by atoms with Crippen molar-refractivity contribution in [3.8, 4) is 18.1 Å². The molecule has 1 aromatic rings. The summed E-state index contributed by atoms with van der Waals surface area (Å²) in [7, 11) is 1.71. The number of terminal acetylenes is 1. The second-order valence-electron chi connectivity index (χ2n) is 4.37. The molecule has 0 amide bonds. The molecule has 0 atom stereocenters. The van der Waals surface area contributed by atoms with Gasteiger partial charge in [0, 0.05) is 0 Å². The van der Waals surface area contributed by atoms with Gasteiger partial charge in [0.1, 0.15) is 5.75 Å². The van der Waals surface area contributed by atoms with Crippen LogP contribution in [0.3, 0.4) is 0 Å². The molecular formula is C14H16O. The van der Waals surface area contributed by atoms with Crippen molar-refractivity contribution in [1.29, 1.82) is 0 Å². The number of benzene rings is 1. The Morgan fingerprint density at radius 2 is 1.80 bits per heavy atom. The van der Waals surface area contributed by atoms with Gasteiger partial charge in [-0.05, 0) is 43.4 Å². The second kappa shape index (κ2) is 3.31. The van der Waals surface area contributed by atoms with Gasteiger partial charge in [-0.25, -0.2) is 0 Å².